The molecule has 1 aliphatic rings. The van der Waals surface area contributed by atoms with Crippen LogP contribution in [0.25, 0.3) is 6.08 Å². The lowest BCUT2D eigenvalue weighted by molar-refractivity contribution is -0.109. The smallest absolute Gasteiger partial charge is 0.186 e. The number of likely N-dealkylation sites (tertiary alicyclic amines) is 1. The quantitative estimate of drug-likeness (QED) is 0.302. The Balaban J connectivity index is 1.70. The molecule has 0 bridgehead atoms. The second-order valence-electron chi connectivity index (χ2n) is 9.23. The van der Waals surface area contributed by atoms with Crippen LogP contribution in [0.4, 0.5) is 0 Å². The molecule has 2 heterocycles. The first kappa shape index (κ1) is 24.3. The summed E-state index contributed by atoms with van der Waals surface area (Å²) >= 11 is 1.44. The van der Waals surface area contributed by atoms with Crippen LogP contribution in [0.5, 0.6) is 0 Å². The fourth-order valence-corrected chi connectivity index (χ4v) is 6.31. The first-order valence-electron chi connectivity index (χ1n) is 12.4. The van der Waals surface area contributed by atoms with Crippen molar-refractivity contribution in [3.8, 4) is 0 Å². The van der Waals surface area contributed by atoms with Crippen LogP contribution >= 0.6 is 11.8 Å². The van der Waals surface area contributed by atoms with Gasteiger partial charge in [0.1, 0.15) is 5.82 Å². The lowest BCUT2D eigenvalue weighted by atomic mass is 9.74. The molecule has 182 valence electrons. The Bertz CT molecular complexity index is 1240. The van der Waals surface area contributed by atoms with Gasteiger partial charge in [-0.2, -0.15) is 0 Å². The molecular formula is C31H31N3OS. The molecule has 3 aromatic carbocycles. The second-order valence-corrected chi connectivity index (χ2v) is 10.6. The number of aryl methyl sites for hydroxylation is 1. The number of imidazole rings is 1. The van der Waals surface area contributed by atoms with Crippen molar-refractivity contribution in [2.24, 2.45) is 7.05 Å². The molecule has 4 aromatic rings. The van der Waals surface area contributed by atoms with Crippen LogP contribution in [0, 0.1) is 0 Å². The summed E-state index contributed by atoms with van der Waals surface area (Å²) in [6.45, 7) is 3.26. The van der Waals surface area contributed by atoms with Gasteiger partial charge in [0.15, 0.2) is 5.12 Å². The Morgan fingerprint density at radius 2 is 1.44 bits per heavy atom. The molecule has 0 saturated carbocycles. The third-order valence-electron chi connectivity index (χ3n) is 6.98. The summed E-state index contributed by atoms with van der Waals surface area (Å²) in [5.74, 6) is 0.908. The van der Waals surface area contributed by atoms with Crippen molar-refractivity contribution in [2.75, 3.05) is 13.1 Å². The minimum atomic E-state index is -0.476. The van der Waals surface area contributed by atoms with Gasteiger partial charge in [-0.05, 0) is 34.8 Å². The van der Waals surface area contributed by atoms with E-state index in [1.807, 2.05) is 24.0 Å². The summed E-state index contributed by atoms with van der Waals surface area (Å²) in [5.41, 5.74) is 4.45. The highest BCUT2D eigenvalue weighted by atomic mass is 32.2. The Morgan fingerprint density at radius 1 is 0.917 bits per heavy atom. The second kappa shape index (κ2) is 10.7. The van der Waals surface area contributed by atoms with Crippen molar-refractivity contribution in [1.82, 2.24) is 14.5 Å². The van der Waals surface area contributed by atoms with Crippen molar-refractivity contribution >= 4 is 23.0 Å². The number of benzene rings is 3. The molecule has 0 radical (unpaired) electrons. The zero-order chi connectivity index (χ0) is 25.0. The number of rotatable bonds is 6. The van der Waals surface area contributed by atoms with Crippen LogP contribution in [0.3, 0.4) is 0 Å². The lowest BCUT2D eigenvalue weighted by Crippen LogP contribution is -2.52. The first-order chi connectivity index (χ1) is 17.6. The minimum Gasteiger partial charge on any atom is -0.335 e. The van der Waals surface area contributed by atoms with Crippen LogP contribution < -0.4 is 0 Å². The fourth-order valence-electron chi connectivity index (χ4n) is 5.39. The molecule has 0 amide bonds. The fraction of sp³-hybridized carbons (Fsp3) is 0.226. The molecule has 0 aliphatic carbocycles. The van der Waals surface area contributed by atoms with Gasteiger partial charge in [0.05, 0.1) is 5.54 Å². The van der Waals surface area contributed by atoms with E-state index in [4.69, 9.17) is 0 Å². The molecule has 4 nitrogen and oxygen atoms in total. The maximum Gasteiger partial charge on any atom is 0.186 e. The largest absolute Gasteiger partial charge is 0.335 e. The molecule has 5 heteroatoms. The number of carbonyl (C=O) groups is 1. The monoisotopic (exact) mass is 493 g/mol. The summed E-state index contributed by atoms with van der Waals surface area (Å²) in [4.78, 5) is 19.3. The summed E-state index contributed by atoms with van der Waals surface area (Å²) in [6.07, 6.45) is 6.85. The van der Waals surface area contributed by atoms with Crippen LogP contribution in [0.1, 0.15) is 35.9 Å². The predicted molar refractivity (Wildman–Crippen MR) is 149 cm³/mol. The van der Waals surface area contributed by atoms with Gasteiger partial charge in [0.2, 0.25) is 0 Å². The van der Waals surface area contributed by atoms with E-state index in [-0.39, 0.29) is 10.4 Å². The van der Waals surface area contributed by atoms with Crippen LogP contribution in [-0.4, -0.2) is 37.9 Å². The van der Waals surface area contributed by atoms with Crippen LogP contribution in [-0.2, 0) is 17.4 Å². The third kappa shape index (κ3) is 4.69. The molecule has 0 spiro atoms. The summed E-state index contributed by atoms with van der Waals surface area (Å²) in [7, 11) is 2.01. The van der Waals surface area contributed by atoms with E-state index in [0.29, 0.717) is 0 Å². The van der Waals surface area contributed by atoms with E-state index in [1.165, 1.54) is 34.0 Å². The number of hydrogen-bond acceptors (Lipinski definition) is 4. The maximum absolute atomic E-state index is 12.2. The Labute approximate surface area is 217 Å². The highest BCUT2D eigenvalue weighted by Gasteiger charge is 2.44. The van der Waals surface area contributed by atoms with Crippen molar-refractivity contribution in [3.05, 3.63) is 131 Å². The lowest BCUT2D eigenvalue weighted by Gasteiger charge is -2.49. The molecule has 1 aromatic heterocycles. The Kier molecular flexibility index (Phi) is 7.21. The minimum absolute atomic E-state index is 0.135. The number of thioether (sulfide) groups is 1. The van der Waals surface area contributed by atoms with Gasteiger partial charge in [0.25, 0.3) is 0 Å². The number of aromatic nitrogens is 2. The first-order valence-corrected chi connectivity index (χ1v) is 13.2. The van der Waals surface area contributed by atoms with Crippen molar-refractivity contribution in [2.45, 2.75) is 24.1 Å². The number of hydrogen-bond donors (Lipinski definition) is 0. The van der Waals surface area contributed by atoms with Gasteiger partial charge < -0.3 is 4.57 Å². The van der Waals surface area contributed by atoms with E-state index < -0.39 is 5.54 Å². The Hall–Kier alpha value is -3.41. The van der Waals surface area contributed by atoms with Gasteiger partial charge in [-0.25, -0.2) is 4.98 Å². The molecule has 36 heavy (non-hydrogen) atoms. The molecule has 5 rings (SSSR count). The molecule has 1 unspecified atom stereocenters. The number of carbonyl (C=O) groups excluding carboxylic acids is 1. The van der Waals surface area contributed by atoms with E-state index in [0.717, 1.165) is 25.3 Å². The molecular weight excluding hydrogens is 462 g/mol. The SMILES string of the molecule is CC(=O)SC1CCN(C(c2ccccc2)(c2ccccc2)c2ccccc2)C/C1=C/c1nccn1C. The van der Waals surface area contributed by atoms with E-state index in [9.17, 15) is 4.79 Å². The highest BCUT2D eigenvalue weighted by Crippen LogP contribution is 2.45. The van der Waals surface area contributed by atoms with Gasteiger partial charge in [-0.3, -0.25) is 9.69 Å². The van der Waals surface area contributed by atoms with Crippen molar-refractivity contribution in [3.63, 3.8) is 0 Å². The van der Waals surface area contributed by atoms with Gasteiger partial charge in [-0.1, -0.05) is 103 Å². The third-order valence-corrected chi connectivity index (χ3v) is 8.13. The average molecular weight is 494 g/mol. The average Bonchev–Trinajstić information content (AvgIpc) is 3.32. The molecule has 0 N–H and O–H groups in total. The van der Waals surface area contributed by atoms with Crippen LogP contribution in [0.2, 0.25) is 0 Å². The zero-order valence-electron chi connectivity index (χ0n) is 20.7. The Morgan fingerprint density at radius 3 is 1.89 bits per heavy atom. The van der Waals surface area contributed by atoms with E-state index >= 15 is 0 Å². The molecule has 1 atom stereocenters. The van der Waals surface area contributed by atoms with Crippen molar-refractivity contribution in [1.29, 1.82) is 0 Å². The van der Waals surface area contributed by atoms with E-state index in [1.54, 1.807) is 6.92 Å². The zero-order valence-corrected chi connectivity index (χ0v) is 21.6. The standard InChI is InChI=1S/C31H31N3OS/c1-24(35)36-29-18-20-34(23-25(29)22-30-32-19-21-33(30)2)31(26-12-6-3-7-13-26,27-14-8-4-9-15-27)28-16-10-5-11-17-28/h3-17,19,21-22,29H,18,20,23H2,1-2H3/b25-22-. The topological polar surface area (TPSA) is 38.1 Å². The number of nitrogens with zero attached hydrogens (tertiary/aromatic N) is 3. The molecule has 1 fully saturated rings. The van der Waals surface area contributed by atoms with Crippen molar-refractivity contribution < 1.29 is 4.79 Å². The molecule has 1 saturated heterocycles. The van der Waals surface area contributed by atoms with Crippen LogP contribution in [0.15, 0.2) is 109 Å². The van der Waals surface area contributed by atoms with Gasteiger partial charge >= 0.3 is 0 Å². The maximum atomic E-state index is 12.2. The van der Waals surface area contributed by atoms with Gasteiger partial charge in [0, 0.05) is 44.7 Å². The van der Waals surface area contributed by atoms with Gasteiger partial charge in [-0.15, -0.1) is 0 Å². The summed E-state index contributed by atoms with van der Waals surface area (Å²) in [5, 5.41) is 0.287. The predicted octanol–water partition coefficient (Wildman–Crippen LogP) is 6.15. The van der Waals surface area contributed by atoms with E-state index in [2.05, 4.69) is 107 Å². The number of piperidine rings is 1. The molecule has 1 aliphatic heterocycles. The summed E-state index contributed by atoms with van der Waals surface area (Å²) < 4.78 is 2.03. The summed E-state index contributed by atoms with van der Waals surface area (Å²) in [6, 6.07) is 32.4. The highest BCUT2D eigenvalue weighted by molar-refractivity contribution is 8.14. The normalized spacial score (nSPS) is 17.8.